The number of carbonyl (C=O) groups excluding carboxylic acids is 2. The van der Waals surface area contributed by atoms with Crippen LogP contribution in [0, 0.1) is 5.92 Å². The van der Waals surface area contributed by atoms with Gasteiger partial charge in [0.1, 0.15) is 17.4 Å². The van der Waals surface area contributed by atoms with Crippen LogP contribution in [0.1, 0.15) is 36.4 Å². The Hall–Kier alpha value is -3.89. The molecule has 3 N–H and O–H groups in total. The Labute approximate surface area is 214 Å². The smallest absolute Gasteiger partial charge is 0.324 e. The SMILES string of the molecule is COC(=O)[C@@H](NS(=O)(=O)C1(NC(=O)c2cc3c(O)cccc3o2)C=CC(c2ccccc2)=CC1)C(C)C. The number of allylic oxidation sites excluding steroid dienone is 2. The number of hydrogen-bond donors (Lipinski definition) is 3. The Morgan fingerprint density at radius 3 is 2.43 bits per heavy atom. The van der Waals surface area contributed by atoms with E-state index in [0.29, 0.717) is 5.39 Å². The van der Waals surface area contributed by atoms with Crippen molar-refractivity contribution in [3.8, 4) is 5.75 Å². The highest BCUT2D eigenvalue weighted by atomic mass is 32.2. The van der Waals surface area contributed by atoms with Crippen LogP contribution in [0.15, 0.2) is 77.2 Å². The number of phenolic OH excluding ortho intramolecular Hbond substituents is 1. The van der Waals surface area contributed by atoms with Gasteiger partial charge in [0.05, 0.1) is 12.5 Å². The molecule has 4 rings (SSSR count). The molecule has 37 heavy (non-hydrogen) atoms. The number of sulfonamides is 1. The van der Waals surface area contributed by atoms with Gasteiger partial charge in [-0.05, 0) is 35.3 Å². The summed E-state index contributed by atoms with van der Waals surface area (Å²) >= 11 is 0. The number of esters is 1. The summed E-state index contributed by atoms with van der Waals surface area (Å²) in [4.78, 5) is 23.7. The Balaban J connectivity index is 1.72. The summed E-state index contributed by atoms with van der Waals surface area (Å²) in [6.45, 7) is 3.36. The molecule has 1 aromatic heterocycles. The van der Waals surface area contributed by atoms with Crippen LogP contribution in [-0.4, -0.2) is 43.4 Å². The number of hydrogen-bond acceptors (Lipinski definition) is 7. The topological polar surface area (TPSA) is 135 Å². The Bertz CT molecular complexity index is 1490. The molecule has 0 spiro atoms. The largest absolute Gasteiger partial charge is 0.507 e. The van der Waals surface area contributed by atoms with Crippen molar-refractivity contribution in [2.75, 3.05) is 7.11 Å². The van der Waals surface area contributed by atoms with E-state index >= 15 is 0 Å². The zero-order valence-corrected chi connectivity index (χ0v) is 21.4. The zero-order chi connectivity index (χ0) is 26.8. The van der Waals surface area contributed by atoms with Crippen LogP contribution >= 0.6 is 0 Å². The summed E-state index contributed by atoms with van der Waals surface area (Å²) in [5.41, 5.74) is 1.94. The van der Waals surface area contributed by atoms with Crippen molar-refractivity contribution in [1.82, 2.24) is 10.0 Å². The van der Waals surface area contributed by atoms with Crippen molar-refractivity contribution in [3.63, 3.8) is 0 Å². The molecule has 1 amide bonds. The van der Waals surface area contributed by atoms with Gasteiger partial charge in [-0.3, -0.25) is 9.59 Å². The van der Waals surface area contributed by atoms with Crippen LogP contribution in [0.5, 0.6) is 5.75 Å². The molecule has 9 nitrogen and oxygen atoms in total. The fourth-order valence-corrected chi connectivity index (χ4v) is 5.78. The first-order valence-corrected chi connectivity index (χ1v) is 13.1. The van der Waals surface area contributed by atoms with E-state index in [4.69, 9.17) is 9.15 Å². The highest BCUT2D eigenvalue weighted by Gasteiger charge is 2.46. The fraction of sp³-hybridized carbons (Fsp3) is 0.259. The maximum absolute atomic E-state index is 13.8. The van der Waals surface area contributed by atoms with E-state index in [2.05, 4.69) is 10.0 Å². The zero-order valence-electron chi connectivity index (χ0n) is 20.6. The van der Waals surface area contributed by atoms with Gasteiger partial charge in [-0.15, -0.1) is 0 Å². The second kappa shape index (κ2) is 10.2. The van der Waals surface area contributed by atoms with Crippen LogP contribution in [-0.2, 0) is 19.6 Å². The molecule has 0 bridgehead atoms. The van der Waals surface area contributed by atoms with Crippen molar-refractivity contribution >= 4 is 38.4 Å². The molecule has 1 aliphatic carbocycles. The van der Waals surface area contributed by atoms with Crippen LogP contribution in [0.25, 0.3) is 16.5 Å². The number of methoxy groups -OCH3 is 1. The number of furan rings is 1. The number of amides is 1. The molecule has 0 radical (unpaired) electrons. The van der Waals surface area contributed by atoms with Gasteiger partial charge in [0.25, 0.3) is 5.91 Å². The lowest BCUT2D eigenvalue weighted by atomic mass is 9.96. The number of fused-ring (bicyclic) bond motifs is 1. The molecule has 0 saturated carbocycles. The van der Waals surface area contributed by atoms with Gasteiger partial charge in [-0.1, -0.05) is 62.4 Å². The predicted octanol–water partition coefficient (Wildman–Crippen LogP) is 3.73. The van der Waals surface area contributed by atoms with E-state index in [-0.39, 0.29) is 23.5 Å². The molecule has 0 fully saturated rings. The quantitative estimate of drug-likeness (QED) is 0.382. The normalized spacial score (nSPS) is 18.4. The average Bonchev–Trinajstić information content (AvgIpc) is 3.34. The second-order valence-electron chi connectivity index (χ2n) is 9.07. The Kier molecular flexibility index (Phi) is 7.24. The average molecular weight is 525 g/mol. The van der Waals surface area contributed by atoms with Gasteiger partial charge in [-0.25, -0.2) is 8.42 Å². The van der Waals surface area contributed by atoms with E-state index in [1.54, 1.807) is 38.1 Å². The maximum atomic E-state index is 13.8. The van der Waals surface area contributed by atoms with Gasteiger partial charge in [-0.2, -0.15) is 4.72 Å². The molecular weight excluding hydrogens is 496 g/mol. The molecule has 194 valence electrons. The van der Waals surface area contributed by atoms with E-state index in [0.717, 1.165) is 11.1 Å². The highest BCUT2D eigenvalue weighted by Crippen LogP contribution is 2.33. The second-order valence-corrected chi connectivity index (χ2v) is 11.0. The minimum Gasteiger partial charge on any atom is -0.507 e. The minimum absolute atomic E-state index is 0.0739. The van der Waals surface area contributed by atoms with E-state index in [9.17, 15) is 23.1 Å². The number of benzene rings is 2. The monoisotopic (exact) mass is 524 g/mol. The number of nitrogens with one attached hydrogen (secondary N) is 2. The highest BCUT2D eigenvalue weighted by molar-refractivity contribution is 7.91. The summed E-state index contributed by atoms with van der Waals surface area (Å²) < 4.78 is 40.4. The first kappa shape index (κ1) is 26.2. The maximum Gasteiger partial charge on any atom is 0.324 e. The molecule has 0 aliphatic heterocycles. The van der Waals surface area contributed by atoms with Gasteiger partial charge < -0.3 is 19.6 Å². The lowest BCUT2D eigenvalue weighted by Gasteiger charge is -2.34. The third-order valence-corrected chi connectivity index (χ3v) is 8.16. The number of aromatic hydroxyl groups is 1. The van der Waals surface area contributed by atoms with E-state index in [1.807, 2.05) is 30.3 Å². The van der Waals surface area contributed by atoms with Crippen LogP contribution in [0.4, 0.5) is 0 Å². The molecule has 2 aromatic carbocycles. The van der Waals surface area contributed by atoms with E-state index < -0.39 is 38.7 Å². The summed E-state index contributed by atoms with van der Waals surface area (Å²) in [6, 6.07) is 14.2. The van der Waals surface area contributed by atoms with Crippen molar-refractivity contribution in [3.05, 3.63) is 84.1 Å². The molecule has 1 heterocycles. The van der Waals surface area contributed by atoms with Gasteiger partial charge >= 0.3 is 5.97 Å². The summed E-state index contributed by atoms with van der Waals surface area (Å²) in [6.07, 6.45) is 4.60. The number of rotatable bonds is 8. The molecule has 10 heteroatoms. The van der Waals surface area contributed by atoms with Crippen LogP contribution < -0.4 is 10.0 Å². The first-order valence-electron chi connectivity index (χ1n) is 11.7. The molecule has 1 unspecified atom stereocenters. The van der Waals surface area contributed by atoms with Gasteiger partial charge in [0, 0.05) is 12.5 Å². The summed E-state index contributed by atoms with van der Waals surface area (Å²) in [5, 5.41) is 13.0. The van der Waals surface area contributed by atoms with Crippen molar-refractivity contribution in [1.29, 1.82) is 0 Å². The number of phenols is 1. The molecule has 2 atom stereocenters. The van der Waals surface area contributed by atoms with Gasteiger partial charge in [0.15, 0.2) is 10.6 Å². The van der Waals surface area contributed by atoms with Crippen LogP contribution in [0.3, 0.4) is 0 Å². The van der Waals surface area contributed by atoms with E-state index in [1.165, 1.54) is 25.3 Å². The molecular formula is C27H28N2O7S. The van der Waals surface area contributed by atoms with Crippen LogP contribution in [0.2, 0.25) is 0 Å². The van der Waals surface area contributed by atoms with Crippen molar-refractivity contribution in [2.24, 2.45) is 5.92 Å². The standard InChI is InChI=1S/C27H28N2O7S/c1-17(2)24(26(32)35-3)29-37(33,34)27(14-12-19(13-15-27)18-8-5-4-6-9-18)28-25(31)23-16-20-21(30)10-7-11-22(20)36-23/h4-14,16-17,24,29-30H,15H2,1-3H3,(H,28,31)/t24-,27?/m0/s1. The molecule has 0 saturated heterocycles. The lowest BCUT2D eigenvalue weighted by Crippen LogP contribution is -2.60. The summed E-state index contributed by atoms with van der Waals surface area (Å²) in [7, 11) is -3.22. The predicted molar refractivity (Wildman–Crippen MR) is 139 cm³/mol. The molecule has 3 aromatic rings. The Morgan fingerprint density at radius 2 is 1.84 bits per heavy atom. The number of carbonyl (C=O) groups is 2. The van der Waals surface area contributed by atoms with Crippen molar-refractivity contribution < 1.29 is 32.3 Å². The third kappa shape index (κ3) is 5.16. The van der Waals surface area contributed by atoms with Crippen molar-refractivity contribution in [2.45, 2.75) is 31.2 Å². The summed E-state index contributed by atoms with van der Waals surface area (Å²) in [5.74, 6) is -2.22. The third-order valence-electron chi connectivity index (χ3n) is 6.24. The Morgan fingerprint density at radius 1 is 1.11 bits per heavy atom. The lowest BCUT2D eigenvalue weighted by molar-refractivity contribution is -0.143. The van der Waals surface area contributed by atoms with Gasteiger partial charge in [0.2, 0.25) is 10.0 Å². The fourth-order valence-electron chi connectivity index (χ4n) is 4.09. The minimum atomic E-state index is -4.40. The molecule has 1 aliphatic rings. The first-order chi connectivity index (χ1) is 17.6. The number of ether oxygens (including phenoxy) is 1.